The number of carbonyl (C=O) groups excluding carboxylic acids is 3. The molecule has 150 valence electrons. The van der Waals surface area contributed by atoms with E-state index in [4.69, 9.17) is 0 Å². The van der Waals surface area contributed by atoms with Crippen LogP contribution >= 0.6 is 0 Å². The zero-order valence-electron chi connectivity index (χ0n) is 17.8. The van der Waals surface area contributed by atoms with E-state index in [1.54, 1.807) is 30.3 Å². The third-order valence-corrected chi connectivity index (χ3v) is 5.55. The summed E-state index contributed by atoms with van der Waals surface area (Å²) in [5, 5.41) is 0. The second-order valence-electron chi connectivity index (χ2n) is 9.09. The standard InChI is InChI=1S/C26H28O3/c1-16(2)17-10-12-18(13-11-17)19(15-23(27)26(3,4)5)14-22-24(28)20-8-6-7-9-21(20)25(22)29/h6-14,16,19H,15H2,1-5H3/t19-/m0/s1. The van der Waals surface area contributed by atoms with Gasteiger partial charge in [-0.2, -0.15) is 0 Å². The number of ketones is 3. The second kappa shape index (κ2) is 7.90. The van der Waals surface area contributed by atoms with Gasteiger partial charge in [0.2, 0.25) is 0 Å². The molecule has 1 atom stereocenters. The van der Waals surface area contributed by atoms with Crippen LogP contribution in [-0.4, -0.2) is 17.3 Å². The molecule has 0 aromatic heterocycles. The van der Waals surface area contributed by atoms with E-state index in [-0.39, 0.29) is 35.3 Å². The molecular formula is C26H28O3. The molecule has 0 spiro atoms. The van der Waals surface area contributed by atoms with E-state index in [0.29, 0.717) is 17.0 Å². The quantitative estimate of drug-likeness (QED) is 0.473. The van der Waals surface area contributed by atoms with Gasteiger partial charge in [0, 0.05) is 28.9 Å². The molecule has 3 rings (SSSR count). The fourth-order valence-corrected chi connectivity index (χ4v) is 3.53. The lowest BCUT2D eigenvalue weighted by Crippen LogP contribution is -2.22. The van der Waals surface area contributed by atoms with Crippen LogP contribution in [0.2, 0.25) is 0 Å². The third-order valence-electron chi connectivity index (χ3n) is 5.55. The summed E-state index contributed by atoms with van der Waals surface area (Å²) in [6.45, 7) is 9.94. The van der Waals surface area contributed by atoms with Gasteiger partial charge in [-0.05, 0) is 17.0 Å². The van der Waals surface area contributed by atoms with Crippen LogP contribution in [0.15, 0.2) is 60.2 Å². The smallest absolute Gasteiger partial charge is 0.197 e. The third kappa shape index (κ3) is 4.29. The molecule has 0 fully saturated rings. The number of benzene rings is 2. The number of hydrogen-bond acceptors (Lipinski definition) is 3. The van der Waals surface area contributed by atoms with E-state index >= 15 is 0 Å². The average molecular weight is 389 g/mol. The van der Waals surface area contributed by atoms with Crippen LogP contribution in [0.1, 0.15) is 84.7 Å². The SMILES string of the molecule is CC(C)c1ccc([C@@H](C=C2C(=O)c3ccccc3C2=O)CC(=O)C(C)(C)C)cc1. The Morgan fingerprint density at radius 1 is 0.862 bits per heavy atom. The maximum Gasteiger partial charge on any atom is 0.197 e. The average Bonchev–Trinajstić information content (AvgIpc) is 2.92. The molecule has 0 amide bonds. The molecule has 29 heavy (non-hydrogen) atoms. The molecule has 0 N–H and O–H groups in total. The van der Waals surface area contributed by atoms with Crippen molar-refractivity contribution in [2.75, 3.05) is 0 Å². The number of allylic oxidation sites excluding steroid dienone is 2. The molecule has 2 aromatic rings. The molecular weight excluding hydrogens is 360 g/mol. The molecule has 0 radical (unpaired) electrons. The van der Waals surface area contributed by atoms with Gasteiger partial charge in [-0.3, -0.25) is 14.4 Å². The van der Waals surface area contributed by atoms with Crippen molar-refractivity contribution in [3.05, 3.63) is 82.4 Å². The Kier molecular flexibility index (Phi) is 5.70. The van der Waals surface area contributed by atoms with E-state index in [1.165, 1.54) is 5.56 Å². The molecule has 0 aliphatic heterocycles. The summed E-state index contributed by atoms with van der Waals surface area (Å²) >= 11 is 0. The highest BCUT2D eigenvalue weighted by Gasteiger charge is 2.34. The molecule has 1 aliphatic carbocycles. The Bertz CT molecular complexity index is 948. The van der Waals surface area contributed by atoms with Crippen molar-refractivity contribution in [2.45, 2.75) is 52.9 Å². The predicted molar refractivity (Wildman–Crippen MR) is 116 cm³/mol. The molecule has 0 saturated heterocycles. The Hall–Kier alpha value is -2.81. The molecule has 0 unspecified atom stereocenters. The fourth-order valence-electron chi connectivity index (χ4n) is 3.53. The first-order valence-corrected chi connectivity index (χ1v) is 10.1. The van der Waals surface area contributed by atoms with Crippen LogP contribution in [0.3, 0.4) is 0 Å². The number of Topliss-reactive ketones (excluding diaryl/α,β-unsaturated/α-hetero) is 3. The van der Waals surface area contributed by atoms with Crippen LogP contribution < -0.4 is 0 Å². The molecule has 0 saturated carbocycles. The zero-order chi connectivity index (χ0) is 21.3. The summed E-state index contributed by atoms with van der Waals surface area (Å²) in [4.78, 5) is 38.4. The molecule has 0 heterocycles. The van der Waals surface area contributed by atoms with Gasteiger partial charge in [0.1, 0.15) is 5.78 Å². The van der Waals surface area contributed by atoms with Crippen molar-refractivity contribution in [1.82, 2.24) is 0 Å². The summed E-state index contributed by atoms with van der Waals surface area (Å²) in [6, 6.07) is 15.0. The summed E-state index contributed by atoms with van der Waals surface area (Å²) in [6.07, 6.45) is 1.96. The van der Waals surface area contributed by atoms with Gasteiger partial charge in [0.15, 0.2) is 11.6 Å². The van der Waals surface area contributed by atoms with Crippen molar-refractivity contribution >= 4 is 17.3 Å². The molecule has 3 heteroatoms. The van der Waals surface area contributed by atoms with Gasteiger partial charge in [-0.1, -0.05) is 89.2 Å². The maximum atomic E-state index is 12.8. The van der Waals surface area contributed by atoms with Crippen molar-refractivity contribution in [3.8, 4) is 0 Å². The normalized spacial score (nSPS) is 14.9. The van der Waals surface area contributed by atoms with Crippen LogP contribution in [-0.2, 0) is 4.79 Å². The number of carbonyl (C=O) groups is 3. The Morgan fingerprint density at radius 2 is 1.34 bits per heavy atom. The number of fused-ring (bicyclic) bond motifs is 1. The van der Waals surface area contributed by atoms with Gasteiger partial charge < -0.3 is 0 Å². The lowest BCUT2D eigenvalue weighted by atomic mass is 9.81. The monoisotopic (exact) mass is 388 g/mol. The highest BCUT2D eigenvalue weighted by Crippen LogP contribution is 2.33. The zero-order valence-corrected chi connectivity index (χ0v) is 17.8. The van der Waals surface area contributed by atoms with Crippen LogP contribution in [0.4, 0.5) is 0 Å². The van der Waals surface area contributed by atoms with Crippen molar-refractivity contribution < 1.29 is 14.4 Å². The van der Waals surface area contributed by atoms with Gasteiger partial charge >= 0.3 is 0 Å². The Balaban J connectivity index is 2.02. The lowest BCUT2D eigenvalue weighted by Gasteiger charge is -2.21. The van der Waals surface area contributed by atoms with Crippen LogP contribution in [0.5, 0.6) is 0 Å². The van der Waals surface area contributed by atoms with Crippen LogP contribution in [0.25, 0.3) is 0 Å². The maximum absolute atomic E-state index is 12.8. The summed E-state index contributed by atoms with van der Waals surface area (Å²) in [5.74, 6) is -0.317. The second-order valence-corrected chi connectivity index (χ2v) is 9.09. The molecule has 3 nitrogen and oxygen atoms in total. The van der Waals surface area contributed by atoms with Gasteiger partial charge in [0.25, 0.3) is 0 Å². The largest absolute Gasteiger partial charge is 0.299 e. The molecule has 2 aromatic carbocycles. The minimum absolute atomic E-state index is 0.0997. The summed E-state index contributed by atoms with van der Waals surface area (Å²) < 4.78 is 0. The topological polar surface area (TPSA) is 51.2 Å². The highest BCUT2D eigenvalue weighted by atomic mass is 16.2. The minimum Gasteiger partial charge on any atom is -0.299 e. The van der Waals surface area contributed by atoms with Gasteiger partial charge in [-0.15, -0.1) is 0 Å². The number of hydrogen-bond donors (Lipinski definition) is 0. The minimum atomic E-state index is -0.485. The molecule has 0 bridgehead atoms. The van der Waals surface area contributed by atoms with Crippen molar-refractivity contribution in [3.63, 3.8) is 0 Å². The molecule has 1 aliphatic rings. The van der Waals surface area contributed by atoms with Crippen molar-refractivity contribution in [1.29, 1.82) is 0 Å². The number of rotatable bonds is 5. The van der Waals surface area contributed by atoms with Crippen LogP contribution in [0, 0.1) is 5.41 Å². The van der Waals surface area contributed by atoms with E-state index < -0.39 is 5.41 Å². The van der Waals surface area contributed by atoms with E-state index in [9.17, 15) is 14.4 Å². The van der Waals surface area contributed by atoms with E-state index in [0.717, 1.165) is 5.56 Å². The summed E-state index contributed by atoms with van der Waals surface area (Å²) in [5.41, 5.74) is 2.73. The lowest BCUT2D eigenvalue weighted by molar-refractivity contribution is -0.126. The van der Waals surface area contributed by atoms with Crippen molar-refractivity contribution in [2.24, 2.45) is 5.41 Å². The summed E-state index contributed by atoms with van der Waals surface area (Å²) in [7, 11) is 0. The van der Waals surface area contributed by atoms with Gasteiger partial charge in [-0.25, -0.2) is 0 Å². The first-order chi connectivity index (χ1) is 13.6. The fraction of sp³-hybridized carbons (Fsp3) is 0.346. The Morgan fingerprint density at radius 3 is 1.79 bits per heavy atom. The van der Waals surface area contributed by atoms with Gasteiger partial charge in [0.05, 0.1) is 5.57 Å². The van der Waals surface area contributed by atoms with E-state index in [1.807, 2.05) is 32.9 Å². The Labute approximate surface area is 172 Å². The first kappa shape index (κ1) is 20.9. The van der Waals surface area contributed by atoms with E-state index in [2.05, 4.69) is 26.0 Å². The first-order valence-electron chi connectivity index (χ1n) is 10.1. The highest BCUT2D eigenvalue weighted by molar-refractivity contribution is 6.39. The predicted octanol–water partition coefficient (Wildman–Crippen LogP) is 5.90.